The summed E-state index contributed by atoms with van der Waals surface area (Å²) in [4.78, 5) is 27.4. The second-order valence-electron chi connectivity index (χ2n) is 6.95. The fourth-order valence-electron chi connectivity index (χ4n) is 2.91. The van der Waals surface area contributed by atoms with Crippen molar-refractivity contribution in [2.75, 3.05) is 6.54 Å². The van der Waals surface area contributed by atoms with Crippen LogP contribution >= 0.6 is 46.4 Å². The maximum Gasteiger partial charge on any atom is 0.242 e. The smallest absolute Gasteiger partial charge is 0.242 e. The summed E-state index contributed by atoms with van der Waals surface area (Å²) in [5, 5.41) is 4.60. The van der Waals surface area contributed by atoms with E-state index in [1.807, 2.05) is 6.92 Å². The molecule has 0 fully saturated rings. The van der Waals surface area contributed by atoms with Gasteiger partial charge in [-0.1, -0.05) is 71.9 Å². The molecule has 0 aromatic heterocycles. The van der Waals surface area contributed by atoms with E-state index in [2.05, 4.69) is 5.32 Å². The highest BCUT2D eigenvalue weighted by molar-refractivity contribution is 6.36. The van der Waals surface area contributed by atoms with Crippen molar-refractivity contribution in [3.63, 3.8) is 0 Å². The first kappa shape index (κ1) is 24.8. The summed E-state index contributed by atoms with van der Waals surface area (Å²) in [6, 6.07) is 9.42. The molecule has 0 radical (unpaired) electrons. The summed E-state index contributed by atoms with van der Waals surface area (Å²) >= 11 is 24.8. The van der Waals surface area contributed by atoms with E-state index in [0.717, 1.165) is 12.8 Å². The van der Waals surface area contributed by atoms with Crippen LogP contribution < -0.4 is 5.32 Å². The van der Waals surface area contributed by atoms with Gasteiger partial charge >= 0.3 is 0 Å². The SMILES string of the molecule is CCCCNC(=O)[C@@H](C)N(Cc1ccc(Cl)cc1Cl)C(=O)Cc1c(Cl)cccc1Cl. The largest absolute Gasteiger partial charge is 0.354 e. The lowest BCUT2D eigenvalue weighted by Crippen LogP contribution is -2.48. The van der Waals surface area contributed by atoms with Crippen LogP contribution in [0.1, 0.15) is 37.8 Å². The topological polar surface area (TPSA) is 49.4 Å². The van der Waals surface area contributed by atoms with Crippen LogP contribution in [0.3, 0.4) is 0 Å². The van der Waals surface area contributed by atoms with Crippen LogP contribution in [-0.4, -0.2) is 29.3 Å². The van der Waals surface area contributed by atoms with Crippen molar-refractivity contribution in [2.24, 2.45) is 0 Å². The van der Waals surface area contributed by atoms with Crippen LogP contribution in [0.5, 0.6) is 0 Å². The lowest BCUT2D eigenvalue weighted by molar-refractivity contribution is -0.140. The van der Waals surface area contributed by atoms with Crippen LogP contribution in [0.15, 0.2) is 36.4 Å². The molecule has 0 aliphatic heterocycles. The van der Waals surface area contributed by atoms with Crippen LogP contribution in [0.25, 0.3) is 0 Å². The van der Waals surface area contributed by atoms with E-state index in [0.29, 0.717) is 37.8 Å². The van der Waals surface area contributed by atoms with Crippen molar-refractivity contribution < 1.29 is 9.59 Å². The Kier molecular flexibility index (Phi) is 9.76. The number of nitrogens with one attached hydrogen (secondary N) is 1. The molecule has 0 bridgehead atoms. The Morgan fingerprint density at radius 1 is 1.03 bits per heavy atom. The molecule has 162 valence electrons. The Morgan fingerprint density at radius 2 is 1.70 bits per heavy atom. The van der Waals surface area contributed by atoms with E-state index in [4.69, 9.17) is 46.4 Å². The molecule has 30 heavy (non-hydrogen) atoms. The first-order valence-corrected chi connectivity index (χ1v) is 11.2. The lowest BCUT2D eigenvalue weighted by Gasteiger charge is -2.29. The number of hydrogen-bond acceptors (Lipinski definition) is 2. The molecule has 0 heterocycles. The second-order valence-corrected chi connectivity index (χ2v) is 8.61. The fraction of sp³-hybridized carbons (Fsp3) is 0.364. The number of halogens is 4. The molecule has 0 aliphatic carbocycles. The Hall–Kier alpha value is -1.46. The van der Waals surface area contributed by atoms with Crippen LogP contribution in [-0.2, 0) is 22.6 Å². The maximum atomic E-state index is 13.2. The molecule has 2 aromatic rings. The van der Waals surface area contributed by atoms with Gasteiger partial charge < -0.3 is 10.2 Å². The van der Waals surface area contributed by atoms with Crippen molar-refractivity contribution in [3.8, 4) is 0 Å². The Labute approximate surface area is 197 Å². The number of carbonyl (C=O) groups excluding carboxylic acids is 2. The molecular weight excluding hydrogens is 466 g/mol. The van der Waals surface area contributed by atoms with Crippen molar-refractivity contribution in [3.05, 3.63) is 67.6 Å². The van der Waals surface area contributed by atoms with Gasteiger partial charge in [0, 0.05) is 33.2 Å². The Balaban J connectivity index is 2.29. The number of amides is 2. The third kappa shape index (κ3) is 6.78. The van der Waals surface area contributed by atoms with Crippen LogP contribution in [0.2, 0.25) is 20.1 Å². The van der Waals surface area contributed by atoms with Crippen LogP contribution in [0, 0.1) is 0 Å². The maximum absolute atomic E-state index is 13.2. The molecule has 0 saturated carbocycles. The van der Waals surface area contributed by atoms with E-state index in [1.54, 1.807) is 43.3 Å². The van der Waals surface area contributed by atoms with Gasteiger partial charge in [0.2, 0.25) is 11.8 Å². The molecule has 4 nitrogen and oxygen atoms in total. The molecule has 0 aliphatic rings. The zero-order valence-electron chi connectivity index (χ0n) is 16.9. The van der Waals surface area contributed by atoms with Crippen molar-refractivity contribution in [2.45, 2.75) is 45.7 Å². The van der Waals surface area contributed by atoms with Gasteiger partial charge in [-0.3, -0.25) is 9.59 Å². The minimum atomic E-state index is -0.706. The Morgan fingerprint density at radius 3 is 2.30 bits per heavy atom. The predicted molar refractivity (Wildman–Crippen MR) is 125 cm³/mol. The molecule has 1 N–H and O–H groups in total. The normalized spacial score (nSPS) is 11.8. The summed E-state index contributed by atoms with van der Waals surface area (Å²) in [7, 11) is 0. The molecule has 0 unspecified atom stereocenters. The first-order chi connectivity index (χ1) is 14.2. The first-order valence-electron chi connectivity index (χ1n) is 9.68. The molecular formula is C22H24Cl4N2O2. The standard InChI is InChI=1S/C22H24Cl4N2O2/c1-3-4-10-27-22(30)14(2)28(13-15-8-9-16(23)11-20(15)26)21(29)12-17-18(24)6-5-7-19(17)25/h5-9,11,14H,3-4,10,12-13H2,1-2H3,(H,27,30)/t14-/m1/s1. The van der Waals surface area contributed by atoms with Gasteiger partial charge in [0.1, 0.15) is 6.04 Å². The number of nitrogens with zero attached hydrogens (tertiary/aromatic N) is 1. The van der Waals surface area contributed by atoms with Gasteiger partial charge in [0.25, 0.3) is 0 Å². The van der Waals surface area contributed by atoms with Gasteiger partial charge in [0.15, 0.2) is 0 Å². The lowest BCUT2D eigenvalue weighted by atomic mass is 10.1. The minimum Gasteiger partial charge on any atom is -0.354 e. The van der Waals surface area contributed by atoms with Gasteiger partial charge in [-0.25, -0.2) is 0 Å². The molecule has 2 amide bonds. The second kappa shape index (κ2) is 11.8. The molecule has 1 atom stereocenters. The van der Waals surface area contributed by atoms with Crippen molar-refractivity contribution in [1.82, 2.24) is 10.2 Å². The minimum absolute atomic E-state index is 0.0315. The molecule has 0 spiro atoms. The van der Waals surface area contributed by atoms with E-state index < -0.39 is 6.04 Å². The third-order valence-electron chi connectivity index (χ3n) is 4.74. The number of unbranched alkanes of at least 4 members (excludes halogenated alkanes) is 1. The highest BCUT2D eigenvalue weighted by atomic mass is 35.5. The number of hydrogen-bond donors (Lipinski definition) is 1. The van der Waals surface area contributed by atoms with Gasteiger partial charge in [-0.2, -0.15) is 0 Å². The summed E-state index contributed by atoms with van der Waals surface area (Å²) in [6.45, 7) is 4.44. The average Bonchev–Trinajstić information content (AvgIpc) is 2.69. The Bertz CT molecular complexity index is 884. The molecule has 2 rings (SSSR count). The monoisotopic (exact) mass is 488 g/mol. The van der Waals surface area contributed by atoms with Gasteiger partial charge in [-0.15, -0.1) is 0 Å². The fourth-order valence-corrected chi connectivity index (χ4v) is 3.91. The highest BCUT2D eigenvalue weighted by Gasteiger charge is 2.27. The van der Waals surface area contributed by atoms with Crippen molar-refractivity contribution >= 4 is 58.2 Å². The quantitative estimate of drug-likeness (QED) is 0.427. The van der Waals surface area contributed by atoms with Gasteiger partial charge in [-0.05, 0) is 48.7 Å². The van der Waals surface area contributed by atoms with Crippen molar-refractivity contribution in [1.29, 1.82) is 0 Å². The van der Waals surface area contributed by atoms with Crippen LogP contribution in [0.4, 0.5) is 0 Å². The van der Waals surface area contributed by atoms with E-state index in [-0.39, 0.29) is 24.8 Å². The average molecular weight is 490 g/mol. The number of benzene rings is 2. The van der Waals surface area contributed by atoms with E-state index in [1.165, 1.54) is 4.90 Å². The summed E-state index contributed by atoms with van der Waals surface area (Å²) in [6.07, 6.45) is 1.80. The van der Waals surface area contributed by atoms with E-state index in [9.17, 15) is 9.59 Å². The third-order valence-corrected chi connectivity index (χ3v) is 6.04. The summed E-state index contributed by atoms with van der Waals surface area (Å²) < 4.78 is 0. The summed E-state index contributed by atoms with van der Waals surface area (Å²) in [5.74, 6) is -0.513. The van der Waals surface area contributed by atoms with E-state index >= 15 is 0 Å². The summed E-state index contributed by atoms with van der Waals surface area (Å²) in [5.41, 5.74) is 1.21. The molecule has 8 heteroatoms. The molecule has 2 aromatic carbocycles. The zero-order chi connectivity index (χ0) is 22.3. The van der Waals surface area contributed by atoms with Gasteiger partial charge in [0.05, 0.1) is 6.42 Å². The predicted octanol–water partition coefficient (Wildman–Crippen LogP) is 6.18. The molecule has 0 saturated heterocycles. The number of rotatable bonds is 9. The number of carbonyl (C=O) groups is 2. The highest BCUT2D eigenvalue weighted by Crippen LogP contribution is 2.27. The zero-order valence-corrected chi connectivity index (χ0v) is 19.9.